The van der Waals surface area contributed by atoms with Crippen molar-refractivity contribution >= 4 is 30.7 Å². The molecule has 2 aromatic rings. The smallest absolute Gasteiger partial charge is 0.225 e. The molecule has 2 aliphatic rings. The van der Waals surface area contributed by atoms with Gasteiger partial charge in [0.2, 0.25) is 11.8 Å². The number of hydrogen-bond donors (Lipinski definition) is 2. The zero-order chi connectivity index (χ0) is 18.1. The number of halogens is 3. The zero-order valence-corrected chi connectivity index (χ0v) is 16.8. The molecule has 4 rings (SSSR count). The maximum atomic E-state index is 13.0. The van der Waals surface area contributed by atoms with Crippen molar-refractivity contribution in [2.24, 2.45) is 23.5 Å². The van der Waals surface area contributed by atoms with Gasteiger partial charge in [-0.3, -0.25) is 4.79 Å². The van der Waals surface area contributed by atoms with E-state index in [1.807, 2.05) is 6.07 Å². The Morgan fingerprint density at radius 2 is 1.89 bits per heavy atom. The highest BCUT2D eigenvalue weighted by Crippen LogP contribution is 2.47. The highest BCUT2D eigenvalue weighted by molar-refractivity contribution is 5.85. The summed E-state index contributed by atoms with van der Waals surface area (Å²) in [4.78, 5) is 16.7. The molecule has 2 fully saturated rings. The van der Waals surface area contributed by atoms with Crippen LogP contribution in [0.3, 0.4) is 0 Å². The van der Waals surface area contributed by atoms with Gasteiger partial charge in [0.15, 0.2) is 0 Å². The van der Waals surface area contributed by atoms with Crippen LogP contribution in [0.15, 0.2) is 42.6 Å². The van der Waals surface area contributed by atoms with Crippen LogP contribution < -0.4 is 15.8 Å². The molecule has 4 atom stereocenters. The van der Waals surface area contributed by atoms with E-state index >= 15 is 0 Å². The van der Waals surface area contributed by atoms with E-state index in [1.165, 1.54) is 12.1 Å². The molecule has 0 saturated heterocycles. The fraction of sp³-hybridized carbons (Fsp3) is 0.400. The number of carbonyl (C=O) groups excluding carboxylic acids is 1. The maximum Gasteiger partial charge on any atom is 0.225 e. The van der Waals surface area contributed by atoms with E-state index in [-0.39, 0.29) is 48.5 Å². The molecule has 1 aromatic carbocycles. The highest BCUT2D eigenvalue weighted by atomic mass is 35.5. The van der Waals surface area contributed by atoms with Gasteiger partial charge in [-0.1, -0.05) is 0 Å². The minimum absolute atomic E-state index is 0. The number of nitrogens with zero attached hydrogens (tertiary/aromatic N) is 1. The fourth-order valence-electron chi connectivity index (χ4n) is 4.27. The Kier molecular flexibility index (Phi) is 7.63. The number of fused-ring (bicyclic) bond motifs is 2. The van der Waals surface area contributed by atoms with Gasteiger partial charge in [0.1, 0.15) is 11.6 Å². The standard InChI is InChI=1S/C20H22FN3O2.2ClH/c21-15-3-5-16(6-4-15)26-17-9-12(7-8-23-17)11-24-20(25)18-13-1-2-14(10-13)19(18)22;;/h3-9,13-14,18-19H,1-2,10-11,22H2,(H,24,25);2*1H. The third kappa shape index (κ3) is 4.74. The molecule has 152 valence electrons. The monoisotopic (exact) mass is 427 g/mol. The molecule has 1 aromatic heterocycles. The summed E-state index contributed by atoms with van der Waals surface area (Å²) in [6.07, 6.45) is 4.99. The predicted octanol–water partition coefficient (Wildman–Crippen LogP) is 3.85. The van der Waals surface area contributed by atoms with Crippen molar-refractivity contribution in [1.82, 2.24) is 10.3 Å². The van der Waals surface area contributed by atoms with Gasteiger partial charge < -0.3 is 15.8 Å². The van der Waals surface area contributed by atoms with Gasteiger partial charge in [0.25, 0.3) is 0 Å². The lowest BCUT2D eigenvalue weighted by Gasteiger charge is -2.27. The number of nitrogens with one attached hydrogen (secondary N) is 1. The second kappa shape index (κ2) is 9.54. The number of hydrogen-bond acceptors (Lipinski definition) is 4. The molecule has 5 nitrogen and oxygen atoms in total. The Balaban J connectivity index is 0.00000140. The van der Waals surface area contributed by atoms with Crippen molar-refractivity contribution in [2.45, 2.75) is 31.8 Å². The minimum Gasteiger partial charge on any atom is -0.439 e. The van der Waals surface area contributed by atoms with Gasteiger partial charge in [-0.15, -0.1) is 24.8 Å². The van der Waals surface area contributed by atoms with Crippen LogP contribution in [0.2, 0.25) is 0 Å². The van der Waals surface area contributed by atoms with Crippen LogP contribution in [0.5, 0.6) is 11.6 Å². The molecule has 2 aliphatic carbocycles. The van der Waals surface area contributed by atoms with Crippen molar-refractivity contribution in [1.29, 1.82) is 0 Å². The van der Waals surface area contributed by atoms with Crippen molar-refractivity contribution < 1.29 is 13.9 Å². The highest BCUT2D eigenvalue weighted by Gasteiger charge is 2.48. The second-order valence-electron chi connectivity index (χ2n) is 7.21. The topological polar surface area (TPSA) is 77.2 Å². The Bertz CT molecular complexity index is 804. The van der Waals surface area contributed by atoms with Gasteiger partial charge in [0, 0.05) is 24.8 Å². The molecule has 28 heavy (non-hydrogen) atoms. The van der Waals surface area contributed by atoms with Crippen LogP contribution in [0.25, 0.3) is 0 Å². The Morgan fingerprint density at radius 3 is 2.57 bits per heavy atom. The van der Waals surface area contributed by atoms with Gasteiger partial charge in [-0.05, 0) is 67.0 Å². The molecule has 4 unspecified atom stereocenters. The van der Waals surface area contributed by atoms with Gasteiger partial charge in [0.05, 0.1) is 5.92 Å². The van der Waals surface area contributed by atoms with Crippen molar-refractivity contribution in [3.8, 4) is 11.6 Å². The molecule has 1 amide bonds. The molecule has 8 heteroatoms. The first-order valence-corrected chi connectivity index (χ1v) is 9.02. The summed E-state index contributed by atoms with van der Waals surface area (Å²) >= 11 is 0. The quantitative estimate of drug-likeness (QED) is 0.759. The lowest BCUT2D eigenvalue weighted by Crippen LogP contribution is -2.45. The summed E-state index contributed by atoms with van der Waals surface area (Å²) in [6.45, 7) is 0.405. The summed E-state index contributed by atoms with van der Waals surface area (Å²) < 4.78 is 18.6. The average Bonchev–Trinajstić information content (AvgIpc) is 3.23. The maximum absolute atomic E-state index is 13.0. The first kappa shape index (κ1) is 22.4. The summed E-state index contributed by atoms with van der Waals surface area (Å²) in [7, 11) is 0. The lowest BCUT2D eigenvalue weighted by atomic mass is 9.84. The fourth-order valence-corrected chi connectivity index (χ4v) is 4.27. The molecular formula is C20H24Cl2FN3O2. The van der Waals surface area contributed by atoms with Crippen LogP contribution in [-0.4, -0.2) is 16.9 Å². The third-order valence-corrected chi connectivity index (χ3v) is 5.59. The molecule has 0 spiro atoms. The van der Waals surface area contributed by atoms with Crippen LogP contribution in [-0.2, 0) is 11.3 Å². The molecular weight excluding hydrogens is 404 g/mol. The largest absolute Gasteiger partial charge is 0.439 e. The SMILES string of the molecule is Cl.Cl.NC1C2CCC(C2)C1C(=O)NCc1ccnc(Oc2ccc(F)cc2)c1. The van der Waals surface area contributed by atoms with Crippen LogP contribution in [0, 0.1) is 23.6 Å². The van der Waals surface area contributed by atoms with E-state index in [9.17, 15) is 9.18 Å². The summed E-state index contributed by atoms with van der Waals surface area (Å²) in [5, 5.41) is 3.00. The number of amides is 1. The first-order valence-electron chi connectivity index (χ1n) is 9.02. The predicted molar refractivity (Wildman–Crippen MR) is 109 cm³/mol. The lowest BCUT2D eigenvalue weighted by molar-refractivity contribution is -0.127. The molecule has 2 saturated carbocycles. The molecule has 2 bridgehead atoms. The number of nitrogens with two attached hydrogens (primary N) is 1. The number of aromatic nitrogens is 1. The van der Waals surface area contributed by atoms with E-state index in [4.69, 9.17) is 10.5 Å². The Hall–Kier alpha value is -1.89. The molecule has 1 heterocycles. The number of benzene rings is 1. The molecule has 0 aliphatic heterocycles. The number of carbonyl (C=O) groups is 1. The van der Waals surface area contributed by atoms with Crippen molar-refractivity contribution in [3.63, 3.8) is 0 Å². The van der Waals surface area contributed by atoms with Crippen LogP contribution in [0.4, 0.5) is 4.39 Å². The summed E-state index contributed by atoms with van der Waals surface area (Å²) in [6, 6.07) is 9.34. The van der Waals surface area contributed by atoms with E-state index in [1.54, 1.807) is 24.4 Å². The number of pyridine rings is 1. The van der Waals surface area contributed by atoms with Crippen LogP contribution >= 0.6 is 24.8 Å². The molecule has 3 N–H and O–H groups in total. The molecule has 0 radical (unpaired) electrons. The number of rotatable bonds is 5. The van der Waals surface area contributed by atoms with E-state index in [0.29, 0.717) is 30.0 Å². The van der Waals surface area contributed by atoms with Crippen molar-refractivity contribution in [3.05, 3.63) is 54.0 Å². The Labute approximate surface area is 176 Å². The van der Waals surface area contributed by atoms with Gasteiger partial charge in [-0.2, -0.15) is 0 Å². The Morgan fingerprint density at radius 1 is 1.18 bits per heavy atom. The van der Waals surface area contributed by atoms with Gasteiger partial charge in [-0.25, -0.2) is 9.37 Å². The summed E-state index contributed by atoms with van der Waals surface area (Å²) in [5.74, 6) is 1.51. The van der Waals surface area contributed by atoms with Crippen LogP contribution in [0.1, 0.15) is 24.8 Å². The second-order valence-corrected chi connectivity index (χ2v) is 7.21. The number of ether oxygens (including phenoxy) is 1. The third-order valence-electron chi connectivity index (χ3n) is 5.59. The van der Waals surface area contributed by atoms with E-state index < -0.39 is 0 Å². The van der Waals surface area contributed by atoms with Crippen molar-refractivity contribution in [2.75, 3.05) is 0 Å². The average molecular weight is 428 g/mol. The van der Waals surface area contributed by atoms with E-state index in [0.717, 1.165) is 24.8 Å². The minimum atomic E-state index is -0.319. The summed E-state index contributed by atoms with van der Waals surface area (Å²) in [5.41, 5.74) is 7.13. The first-order chi connectivity index (χ1) is 12.6. The normalized spacial score (nSPS) is 24.8. The van der Waals surface area contributed by atoms with Gasteiger partial charge >= 0.3 is 0 Å². The van der Waals surface area contributed by atoms with E-state index in [2.05, 4.69) is 10.3 Å². The zero-order valence-electron chi connectivity index (χ0n) is 15.2.